The lowest BCUT2D eigenvalue weighted by Gasteiger charge is -2.17. The van der Waals surface area contributed by atoms with Crippen molar-refractivity contribution in [2.75, 3.05) is 31.7 Å². The number of hydrazine groups is 1. The Bertz CT molecular complexity index is 1240. The van der Waals surface area contributed by atoms with Gasteiger partial charge in [-0.15, -0.1) is 0 Å². The molecule has 0 radical (unpaired) electrons. The summed E-state index contributed by atoms with van der Waals surface area (Å²) in [5, 5.41) is 5.72. The summed E-state index contributed by atoms with van der Waals surface area (Å²) in [4.78, 5) is 21.3. The molecule has 4 heterocycles. The van der Waals surface area contributed by atoms with Crippen molar-refractivity contribution < 1.29 is 18.7 Å². The number of pyridine rings is 2. The Hall–Kier alpha value is -3.01. The third-order valence-corrected chi connectivity index (χ3v) is 6.47. The SMILES string of the molecule is CCOC(=O)c1cnc2ccc(Cl)nc2c1NN1C[C@H]1CCOc1ccc(F)cc1[C@H]1CCCN1. The molecule has 184 valence electrons. The summed E-state index contributed by atoms with van der Waals surface area (Å²) in [6.07, 6.45) is 4.29. The highest BCUT2D eigenvalue weighted by molar-refractivity contribution is 6.29. The van der Waals surface area contributed by atoms with Gasteiger partial charge in [-0.05, 0) is 56.6 Å². The van der Waals surface area contributed by atoms with Gasteiger partial charge < -0.3 is 20.2 Å². The molecule has 2 aromatic heterocycles. The van der Waals surface area contributed by atoms with Crippen LogP contribution in [0.1, 0.15) is 48.1 Å². The Morgan fingerprint density at radius 3 is 3.03 bits per heavy atom. The minimum absolute atomic E-state index is 0.125. The standard InChI is InChI=1S/C25H27ClFN5O3/c1-2-34-25(33)18-13-29-20-6-8-22(26)30-24(20)23(18)31-32-14-16(32)9-11-35-21-7-5-15(27)12-17(21)19-4-3-10-28-19/h5-8,12-13,16,19,28H,2-4,9-11,14H2,1H3,(H,29,31)/t16-,19-,32?/m1/s1. The third kappa shape index (κ3) is 5.32. The molecular weight excluding hydrogens is 473 g/mol. The smallest absolute Gasteiger partial charge is 0.341 e. The van der Waals surface area contributed by atoms with E-state index in [1.807, 2.05) is 5.01 Å². The van der Waals surface area contributed by atoms with Crippen LogP contribution in [0.4, 0.5) is 10.1 Å². The quantitative estimate of drug-likeness (QED) is 0.253. The van der Waals surface area contributed by atoms with Crippen molar-refractivity contribution in [3.8, 4) is 5.75 Å². The minimum Gasteiger partial charge on any atom is -0.493 e. The summed E-state index contributed by atoms with van der Waals surface area (Å²) < 4.78 is 25.1. The maximum absolute atomic E-state index is 13.8. The molecule has 0 saturated carbocycles. The number of benzene rings is 1. The first-order valence-electron chi connectivity index (χ1n) is 11.8. The topological polar surface area (TPSA) is 88.4 Å². The third-order valence-electron chi connectivity index (χ3n) is 6.26. The van der Waals surface area contributed by atoms with Crippen LogP contribution in [0.15, 0.2) is 36.5 Å². The highest BCUT2D eigenvalue weighted by Gasteiger charge is 2.35. The van der Waals surface area contributed by atoms with E-state index in [-0.39, 0.29) is 24.5 Å². The van der Waals surface area contributed by atoms with Gasteiger partial charge in [0.25, 0.3) is 0 Å². The van der Waals surface area contributed by atoms with Gasteiger partial charge in [0.05, 0.1) is 24.4 Å². The molecule has 1 unspecified atom stereocenters. The molecule has 0 amide bonds. The maximum atomic E-state index is 13.8. The average Bonchev–Trinajstić information content (AvgIpc) is 3.34. The van der Waals surface area contributed by atoms with Crippen molar-refractivity contribution in [2.45, 2.75) is 38.3 Å². The van der Waals surface area contributed by atoms with Crippen LogP contribution in [0.3, 0.4) is 0 Å². The number of hydrogen-bond donors (Lipinski definition) is 2. The first kappa shape index (κ1) is 23.7. The summed E-state index contributed by atoms with van der Waals surface area (Å²) in [5.74, 6) is -0.0129. The number of nitrogens with zero attached hydrogens (tertiary/aromatic N) is 3. The Kier molecular flexibility index (Phi) is 6.99. The fraction of sp³-hybridized carbons (Fsp3) is 0.400. The van der Waals surface area contributed by atoms with E-state index in [1.54, 1.807) is 31.2 Å². The number of carbonyl (C=O) groups excluding carboxylic acids is 1. The number of hydrogen-bond acceptors (Lipinski definition) is 8. The van der Waals surface area contributed by atoms with Crippen LogP contribution in [0.25, 0.3) is 11.0 Å². The summed E-state index contributed by atoms with van der Waals surface area (Å²) in [6, 6.07) is 8.46. The molecule has 35 heavy (non-hydrogen) atoms. The van der Waals surface area contributed by atoms with Crippen LogP contribution in [0.2, 0.25) is 5.15 Å². The van der Waals surface area contributed by atoms with Crippen molar-refractivity contribution in [3.63, 3.8) is 0 Å². The van der Waals surface area contributed by atoms with E-state index in [4.69, 9.17) is 21.1 Å². The number of rotatable bonds is 9. The Morgan fingerprint density at radius 2 is 2.23 bits per heavy atom. The molecule has 3 aromatic rings. The van der Waals surface area contributed by atoms with Gasteiger partial charge in [0.2, 0.25) is 0 Å². The Balaban J connectivity index is 1.25. The van der Waals surface area contributed by atoms with Gasteiger partial charge in [-0.2, -0.15) is 0 Å². The van der Waals surface area contributed by atoms with Gasteiger partial charge >= 0.3 is 5.97 Å². The predicted molar refractivity (Wildman–Crippen MR) is 131 cm³/mol. The molecule has 2 N–H and O–H groups in total. The number of anilines is 1. The fourth-order valence-corrected chi connectivity index (χ4v) is 4.55. The lowest BCUT2D eigenvalue weighted by Crippen LogP contribution is -2.18. The van der Waals surface area contributed by atoms with Crippen molar-refractivity contribution in [2.24, 2.45) is 0 Å². The molecule has 0 bridgehead atoms. The van der Waals surface area contributed by atoms with E-state index in [1.165, 1.54) is 12.3 Å². The largest absolute Gasteiger partial charge is 0.493 e. The molecule has 10 heteroatoms. The molecule has 0 spiro atoms. The summed E-state index contributed by atoms with van der Waals surface area (Å²) in [7, 11) is 0. The van der Waals surface area contributed by atoms with Crippen LogP contribution in [0, 0.1) is 5.82 Å². The number of fused-ring (bicyclic) bond motifs is 1. The van der Waals surface area contributed by atoms with Crippen molar-refractivity contribution >= 4 is 34.3 Å². The van der Waals surface area contributed by atoms with Gasteiger partial charge in [-0.25, -0.2) is 19.2 Å². The summed E-state index contributed by atoms with van der Waals surface area (Å²) >= 11 is 6.12. The molecule has 3 atom stereocenters. The van der Waals surface area contributed by atoms with Crippen LogP contribution < -0.4 is 15.5 Å². The summed E-state index contributed by atoms with van der Waals surface area (Å²) in [6.45, 7) is 4.20. The van der Waals surface area contributed by atoms with Gasteiger partial charge in [-0.3, -0.25) is 4.98 Å². The normalized spacial score (nSPS) is 21.2. The zero-order valence-corrected chi connectivity index (χ0v) is 20.1. The maximum Gasteiger partial charge on any atom is 0.341 e. The molecule has 2 aliphatic rings. The number of carbonyl (C=O) groups is 1. The van der Waals surface area contributed by atoms with E-state index in [9.17, 15) is 9.18 Å². The first-order valence-corrected chi connectivity index (χ1v) is 12.2. The lowest BCUT2D eigenvalue weighted by atomic mass is 10.0. The number of aromatic nitrogens is 2. The van der Waals surface area contributed by atoms with E-state index in [0.29, 0.717) is 34.0 Å². The number of esters is 1. The van der Waals surface area contributed by atoms with E-state index >= 15 is 0 Å². The van der Waals surface area contributed by atoms with Crippen LogP contribution in [-0.4, -0.2) is 53.3 Å². The second-order valence-electron chi connectivity index (χ2n) is 8.66. The van der Waals surface area contributed by atoms with Crippen LogP contribution in [-0.2, 0) is 4.74 Å². The molecule has 2 saturated heterocycles. The highest BCUT2D eigenvalue weighted by Crippen LogP contribution is 2.33. The van der Waals surface area contributed by atoms with Gasteiger partial charge in [0, 0.05) is 36.8 Å². The van der Waals surface area contributed by atoms with Gasteiger partial charge in [-0.1, -0.05) is 11.6 Å². The minimum atomic E-state index is -0.475. The summed E-state index contributed by atoms with van der Waals surface area (Å²) in [5.41, 5.74) is 6.13. The van der Waals surface area contributed by atoms with Crippen molar-refractivity contribution in [3.05, 3.63) is 58.6 Å². The number of nitrogens with one attached hydrogen (secondary N) is 2. The van der Waals surface area contributed by atoms with E-state index < -0.39 is 5.97 Å². The molecule has 0 aliphatic carbocycles. The molecule has 2 fully saturated rings. The average molecular weight is 500 g/mol. The van der Waals surface area contributed by atoms with Crippen LogP contribution >= 0.6 is 11.6 Å². The number of ether oxygens (including phenoxy) is 2. The van der Waals surface area contributed by atoms with E-state index in [0.717, 1.165) is 43.7 Å². The van der Waals surface area contributed by atoms with Gasteiger partial charge in [0.1, 0.15) is 27.8 Å². The second kappa shape index (κ2) is 10.3. The van der Waals surface area contributed by atoms with Crippen LogP contribution in [0.5, 0.6) is 5.75 Å². The zero-order valence-electron chi connectivity index (χ0n) is 19.4. The fourth-order valence-electron chi connectivity index (χ4n) is 4.40. The molecule has 1 aromatic carbocycles. The number of halogens is 2. The molecular formula is C25H27ClFN5O3. The highest BCUT2D eigenvalue weighted by atomic mass is 35.5. The predicted octanol–water partition coefficient (Wildman–Crippen LogP) is 4.50. The molecule has 2 aliphatic heterocycles. The monoisotopic (exact) mass is 499 g/mol. The van der Waals surface area contributed by atoms with Crippen molar-refractivity contribution in [1.29, 1.82) is 0 Å². The van der Waals surface area contributed by atoms with E-state index in [2.05, 4.69) is 20.7 Å². The second-order valence-corrected chi connectivity index (χ2v) is 9.04. The first-order chi connectivity index (χ1) is 17.0. The zero-order chi connectivity index (χ0) is 24.4. The molecule has 5 rings (SSSR count). The van der Waals surface area contributed by atoms with Crippen molar-refractivity contribution in [1.82, 2.24) is 20.3 Å². The Morgan fingerprint density at radius 1 is 1.34 bits per heavy atom. The molecule has 8 nitrogen and oxygen atoms in total. The van der Waals surface area contributed by atoms with Gasteiger partial charge in [0.15, 0.2) is 0 Å². The lowest BCUT2D eigenvalue weighted by molar-refractivity contribution is 0.0527. The Labute approximate surface area is 207 Å².